The summed E-state index contributed by atoms with van der Waals surface area (Å²) in [7, 11) is 0. The predicted octanol–water partition coefficient (Wildman–Crippen LogP) is 3.60. The highest BCUT2D eigenvalue weighted by atomic mass is 32.1. The molecule has 6 nitrogen and oxygen atoms in total. The minimum Gasteiger partial charge on any atom is -0.337 e. The smallest absolute Gasteiger partial charge is 0.337 e. The second-order valence-corrected chi connectivity index (χ2v) is 8.28. The third kappa shape index (κ3) is 4.54. The molecule has 0 atom stereocenters. The summed E-state index contributed by atoms with van der Waals surface area (Å²) in [4.78, 5) is 21.0. The molecule has 0 spiro atoms. The summed E-state index contributed by atoms with van der Waals surface area (Å²) in [5.74, 6) is -0.606. The second-order valence-electron chi connectivity index (χ2n) is 7.22. The fourth-order valence-electron chi connectivity index (χ4n) is 3.41. The molecule has 1 amide bonds. The summed E-state index contributed by atoms with van der Waals surface area (Å²) in [6.45, 7) is 8.04. The number of alkyl halides is 3. The maximum Gasteiger partial charge on any atom is 0.433 e. The highest BCUT2D eigenvalue weighted by Crippen LogP contribution is 2.34. The highest BCUT2D eigenvalue weighted by molar-refractivity contribution is 7.09. The van der Waals surface area contributed by atoms with E-state index in [1.54, 1.807) is 25.2 Å². The van der Waals surface area contributed by atoms with Gasteiger partial charge in [0.2, 0.25) is 0 Å². The van der Waals surface area contributed by atoms with E-state index in [2.05, 4.69) is 15.0 Å². The van der Waals surface area contributed by atoms with Crippen LogP contribution < -0.4 is 0 Å². The first-order chi connectivity index (χ1) is 13.2. The van der Waals surface area contributed by atoms with E-state index in [9.17, 15) is 18.0 Å². The topological polar surface area (TPSA) is 54.3 Å². The molecule has 0 saturated carbocycles. The predicted molar refractivity (Wildman–Crippen MR) is 100 cm³/mol. The van der Waals surface area contributed by atoms with Gasteiger partial charge < -0.3 is 4.90 Å². The lowest BCUT2D eigenvalue weighted by atomic mass is 10.2. The normalized spacial score (nSPS) is 16.6. The molecule has 1 aliphatic heterocycles. The van der Waals surface area contributed by atoms with Crippen molar-refractivity contribution < 1.29 is 18.0 Å². The molecule has 0 unspecified atom stereocenters. The number of carbonyl (C=O) groups is 1. The van der Waals surface area contributed by atoms with Crippen LogP contribution in [0.25, 0.3) is 0 Å². The molecule has 3 heterocycles. The Bertz CT molecular complexity index is 830. The Morgan fingerprint density at radius 1 is 1.25 bits per heavy atom. The largest absolute Gasteiger partial charge is 0.433 e. The van der Waals surface area contributed by atoms with E-state index >= 15 is 0 Å². The van der Waals surface area contributed by atoms with Crippen LogP contribution >= 0.6 is 11.3 Å². The molecule has 0 radical (unpaired) electrons. The van der Waals surface area contributed by atoms with Gasteiger partial charge in [-0.1, -0.05) is 0 Å². The minimum absolute atomic E-state index is 0.371. The first-order valence-electron chi connectivity index (χ1n) is 9.24. The number of halogens is 3. The molecular weight excluding hydrogens is 391 g/mol. The number of hydrogen-bond acceptors (Lipinski definition) is 5. The zero-order chi connectivity index (χ0) is 20.5. The van der Waals surface area contributed by atoms with Gasteiger partial charge in [-0.2, -0.15) is 18.3 Å². The molecule has 1 fully saturated rings. The number of carbonyl (C=O) groups excluding carboxylic acids is 1. The Hall–Kier alpha value is -1.94. The van der Waals surface area contributed by atoms with Crippen molar-refractivity contribution >= 4 is 17.2 Å². The Balaban J connectivity index is 1.73. The van der Waals surface area contributed by atoms with E-state index in [1.165, 1.54) is 4.90 Å². The van der Waals surface area contributed by atoms with Crippen molar-refractivity contribution in [2.45, 2.75) is 46.0 Å². The molecule has 3 rings (SSSR count). The second kappa shape index (κ2) is 8.20. The van der Waals surface area contributed by atoms with Gasteiger partial charge in [-0.3, -0.25) is 14.4 Å². The van der Waals surface area contributed by atoms with Crippen LogP contribution in [0, 0.1) is 6.92 Å². The number of rotatable bonds is 4. The van der Waals surface area contributed by atoms with Gasteiger partial charge in [0.15, 0.2) is 5.69 Å². The summed E-state index contributed by atoms with van der Waals surface area (Å²) in [5, 5.41) is 6.84. The lowest BCUT2D eigenvalue weighted by Gasteiger charge is -2.22. The quantitative estimate of drug-likeness (QED) is 0.766. The summed E-state index contributed by atoms with van der Waals surface area (Å²) in [6, 6.07) is -0.487. The van der Waals surface area contributed by atoms with Gasteiger partial charge in [-0.05, 0) is 27.2 Å². The molecule has 2 aromatic rings. The summed E-state index contributed by atoms with van der Waals surface area (Å²) in [5.41, 5.74) is -0.351. The van der Waals surface area contributed by atoms with Gasteiger partial charge in [0.05, 0.1) is 22.5 Å². The zero-order valence-corrected chi connectivity index (χ0v) is 17.0. The van der Waals surface area contributed by atoms with Crippen molar-refractivity contribution in [3.8, 4) is 0 Å². The molecule has 1 saturated heterocycles. The van der Waals surface area contributed by atoms with E-state index < -0.39 is 23.8 Å². The van der Waals surface area contributed by atoms with Gasteiger partial charge in [0, 0.05) is 44.1 Å². The van der Waals surface area contributed by atoms with Crippen molar-refractivity contribution in [3.05, 3.63) is 33.5 Å². The number of hydrogen-bond donors (Lipinski definition) is 0. The first kappa shape index (κ1) is 20.8. The number of aromatic nitrogens is 3. The van der Waals surface area contributed by atoms with Crippen LogP contribution in [0.3, 0.4) is 0 Å². The minimum atomic E-state index is -4.63. The first-order valence-corrected chi connectivity index (χ1v) is 10.1. The van der Waals surface area contributed by atoms with E-state index in [-0.39, 0.29) is 5.56 Å². The Kier molecular flexibility index (Phi) is 6.09. The van der Waals surface area contributed by atoms with Crippen molar-refractivity contribution in [1.82, 2.24) is 24.6 Å². The molecule has 10 heteroatoms. The van der Waals surface area contributed by atoms with Crippen molar-refractivity contribution in [2.75, 3.05) is 26.2 Å². The molecule has 0 N–H and O–H groups in total. The lowest BCUT2D eigenvalue weighted by Crippen LogP contribution is -2.36. The Morgan fingerprint density at radius 2 is 2.00 bits per heavy atom. The third-order valence-electron chi connectivity index (χ3n) is 4.71. The third-order valence-corrected chi connectivity index (χ3v) is 5.53. The SMILES string of the molecule is Cc1nc(CN2CCCN(C(=O)c3cnn(C(C)C)c3C(F)(F)F)CC2)cs1. The Morgan fingerprint density at radius 3 is 2.61 bits per heavy atom. The summed E-state index contributed by atoms with van der Waals surface area (Å²) in [6.07, 6.45) is -2.88. The van der Waals surface area contributed by atoms with E-state index in [4.69, 9.17) is 0 Å². The zero-order valence-electron chi connectivity index (χ0n) is 16.2. The van der Waals surface area contributed by atoms with Crippen LogP contribution in [-0.2, 0) is 12.7 Å². The Labute approximate surface area is 166 Å². The average Bonchev–Trinajstić information content (AvgIpc) is 3.16. The van der Waals surface area contributed by atoms with Gasteiger partial charge in [-0.15, -0.1) is 11.3 Å². The monoisotopic (exact) mass is 415 g/mol. The van der Waals surface area contributed by atoms with Crippen molar-refractivity contribution in [2.24, 2.45) is 0 Å². The van der Waals surface area contributed by atoms with Gasteiger partial charge in [0.1, 0.15) is 0 Å². The molecule has 2 aromatic heterocycles. The molecule has 0 bridgehead atoms. The maximum atomic E-state index is 13.6. The summed E-state index contributed by atoms with van der Waals surface area (Å²) < 4.78 is 41.6. The molecule has 0 aliphatic carbocycles. The fraction of sp³-hybridized carbons (Fsp3) is 0.611. The number of amides is 1. The van der Waals surface area contributed by atoms with Crippen LogP contribution in [0.5, 0.6) is 0 Å². The van der Waals surface area contributed by atoms with Crippen LogP contribution in [0.1, 0.15) is 53.1 Å². The summed E-state index contributed by atoms with van der Waals surface area (Å²) >= 11 is 1.59. The fourth-order valence-corrected chi connectivity index (χ4v) is 4.01. The number of aryl methyl sites for hydroxylation is 1. The van der Waals surface area contributed by atoms with Crippen LogP contribution in [0.15, 0.2) is 11.6 Å². The molecule has 0 aromatic carbocycles. The maximum absolute atomic E-state index is 13.6. The van der Waals surface area contributed by atoms with Gasteiger partial charge >= 0.3 is 6.18 Å². The number of nitrogens with zero attached hydrogens (tertiary/aromatic N) is 5. The molecule has 28 heavy (non-hydrogen) atoms. The molecule has 154 valence electrons. The van der Waals surface area contributed by atoms with Crippen molar-refractivity contribution in [1.29, 1.82) is 0 Å². The lowest BCUT2D eigenvalue weighted by molar-refractivity contribution is -0.145. The van der Waals surface area contributed by atoms with E-state index in [0.717, 1.165) is 28.1 Å². The molecule has 1 aliphatic rings. The van der Waals surface area contributed by atoms with E-state index in [0.29, 0.717) is 32.6 Å². The van der Waals surface area contributed by atoms with Gasteiger partial charge in [-0.25, -0.2) is 4.98 Å². The van der Waals surface area contributed by atoms with Crippen molar-refractivity contribution in [3.63, 3.8) is 0 Å². The highest BCUT2D eigenvalue weighted by Gasteiger charge is 2.41. The van der Waals surface area contributed by atoms with Gasteiger partial charge in [0.25, 0.3) is 5.91 Å². The standard InChI is InChI=1S/C18H24F3N5OS/c1-12(2)26-16(18(19,20)21)15(9-22-26)17(27)25-6-4-5-24(7-8-25)10-14-11-28-13(3)23-14/h9,11-12H,4-8,10H2,1-3H3. The number of thiazole rings is 1. The average molecular weight is 415 g/mol. The van der Waals surface area contributed by atoms with E-state index in [1.807, 2.05) is 12.3 Å². The van der Waals surface area contributed by atoms with Crippen LogP contribution in [0.4, 0.5) is 13.2 Å². The van der Waals surface area contributed by atoms with Crippen LogP contribution in [-0.4, -0.2) is 56.7 Å². The molecular formula is C18H24F3N5OS. The van der Waals surface area contributed by atoms with Crippen LogP contribution in [0.2, 0.25) is 0 Å².